The summed E-state index contributed by atoms with van der Waals surface area (Å²) in [5.74, 6) is 0. The summed E-state index contributed by atoms with van der Waals surface area (Å²) in [7, 11) is 0. The maximum Gasteiger partial charge on any atom is 0.0491 e. The van der Waals surface area contributed by atoms with Gasteiger partial charge in [0.15, 0.2) is 0 Å². The van der Waals surface area contributed by atoms with Crippen LogP contribution in [0.5, 0.6) is 0 Å². The SMILES string of the molecule is Cc1ccncc1CN1CCNCC1c1ccccc1Cl. The standard InChI is InChI=1S/C17H20ClN3/c1-13-6-7-19-10-14(13)12-21-9-8-20-11-17(21)15-4-2-3-5-16(15)18/h2-7,10,17,20H,8-9,11-12H2,1H3. The predicted octanol–water partition coefficient (Wildman–Crippen LogP) is 3.19. The van der Waals surface area contributed by atoms with Gasteiger partial charge in [0.25, 0.3) is 0 Å². The molecular formula is C17H20ClN3. The number of aryl methyl sites for hydroxylation is 1. The molecule has 0 bridgehead atoms. The van der Waals surface area contributed by atoms with Crippen LogP contribution in [0.3, 0.4) is 0 Å². The van der Waals surface area contributed by atoms with E-state index in [2.05, 4.69) is 40.3 Å². The molecule has 1 aromatic carbocycles. The van der Waals surface area contributed by atoms with Crippen LogP contribution in [0.4, 0.5) is 0 Å². The van der Waals surface area contributed by atoms with Crippen molar-refractivity contribution in [2.45, 2.75) is 19.5 Å². The molecule has 110 valence electrons. The molecule has 0 aliphatic carbocycles. The molecule has 1 N–H and O–H groups in total. The Morgan fingerprint density at radius 3 is 3.00 bits per heavy atom. The van der Waals surface area contributed by atoms with Gasteiger partial charge in [-0.1, -0.05) is 29.8 Å². The summed E-state index contributed by atoms with van der Waals surface area (Å²) < 4.78 is 0. The summed E-state index contributed by atoms with van der Waals surface area (Å²) in [4.78, 5) is 6.75. The first kappa shape index (κ1) is 14.5. The van der Waals surface area contributed by atoms with Crippen molar-refractivity contribution in [3.8, 4) is 0 Å². The first-order valence-corrected chi connectivity index (χ1v) is 7.72. The van der Waals surface area contributed by atoms with Gasteiger partial charge in [0, 0.05) is 49.6 Å². The second-order valence-electron chi connectivity index (χ2n) is 5.51. The van der Waals surface area contributed by atoms with Gasteiger partial charge in [-0.25, -0.2) is 0 Å². The van der Waals surface area contributed by atoms with Crippen LogP contribution in [-0.4, -0.2) is 29.5 Å². The molecule has 1 fully saturated rings. The molecule has 1 aliphatic heterocycles. The Balaban J connectivity index is 1.85. The summed E-state index contributed by atoms with van der Waals surface area (Å²) in [6.07, 6.45) is 3.82. The molecule has 0 spiro atoms. The van der Waals surface area contributed by atoms with Crippen LogP contribution in [0, 0.1) is 6.92 Å². The number of hydrogen-bond donors (Lipinski definition) is 1. The van der Waals surface area contributed by atoms with E-state index in [9.17, 15) is 0 Å². The molecule has 1 aromatic heterocycles. The Kier molecular flexibility index (Phi) is 4.54. The zero-order chi connectivity index (χ0) is 14.7. The maximum absolute atomic E-state index is 6.39. The molecule has 1 saturated heterocycles. The summed E-state index contributed by atoms with van der Waals surface area (Å²) in [5, 5.41) is 4.32. The van der Waals surface area contributed by atoms with Crippen molar-refractivity contribution in [2.24, 2.45) is 0 Å². The second kappa shape index (κ2) is 6.56. The van der Waals surface area contributed by atoms with Gasteiger partial charge in [0.05, 0.1) is 0 Å². The zero-order valence-electron chi connectivity index (χ0n) is 12.2. The van der Waals surface area contributed by atoms with Gasteiger partial charge in [-0.2, -0.15) is 0 Å². The van der Waals surface area contributed by atoms with Gasteiger partial charge < -0.3 is 5.32 Å². The first-order chi connectivity index (χ1) is 10.3. The van der Waals surface area contributed by atoms with Crippen LogP contribution in [0.15, 0.2) is 42.7 Å². The van der Waals surface area contributed by atoms with Gasteiger partial charge in [-0.05, 0) is 35.7 Å². The van der Waals surface area contributed by atoms with Crippen LogP contribution >= 0.6 is 11.6 Å². The minimum Gasteiger partial charge on any atom is -0.314 e. The van der Waals surface area contributed by atoms with Crippen LogP contribution in [0.2, 0.25) is 5.02 Å². The van der Waals surface area contributed by atoms with E-state index in [0.29, 0.717) is 6.04 Å². The number of nitrogens with zero attached hydrogens (tertiary/aromatic N) is 2. The van der Waals surface area contributed by atoms with Crippen molar-refractivity contribution >= 4 is 11.6 Å². The number of pyridine rings is 1. The lowest BCUT2D eigenvalue weighted by molar-refractivity contribution is 0.153. The Labute approximate surface area is 131 Å². The molecule has 1 unspecified atom stereocenters. The minimum atomic E-state index is 0.312. The van der Waals surface area contributed by atoms with Crippen molar-refractivity contribution in [1.29, 1.82) is 0 Å². The molecule has 3 rings (SSSR count). The summed E-state index contributed by atoms with van der Waals surface area (Å²) in [6.45, 7) is 6.02. The van der Waals surface area contributed by atoms with E-state index in [0.717, 1.165) is 31.2 Å². The molecule has 1 atom stereocenters. The molecule has 0 saturated carbocycles. The monoisotopic (exact) mass is 301 g/mol. The third-order valence-corrected chi connectivity index (χ3v) is 4.48. The molecule has 0 radical (unpaired) electrons. The van der Waals surface area contributed by atoms with Crippen LogP contribution in [0.25, 0.3) is 0 Å². The number of rotatable bonds is 3. The maximum atomic E-state index is 6.39. The van der Waals surface area contributed by atoms with E-state index in [-0.39, 0.29) is 0 Å². The number of benzene rings is 1. The van der Waals surface area contributed by atoms with Crippen LogP contribution in [-0.2, 0) is 6.54 Å². The van der Waals surface area contributed by atoms with E-state index in [1.807, 2.05) is 24.5 Å². The Hall–Kier alpha value is -1.42. The minimum absolute atomic E-state index is 0.312. The molecular weight excluding hydrogens is 282 g/mol. The highest BCUT2D eigenvalue weighted by Crippen LogP contribution is 2.29. The summed E-state index contributed by atoms with van der Waals surface area (Å²) in [5.41, 5.74) is 3.78. The van der Waals surface area contributed by atoms with Crippen molar-refractivity contribution < 1.29 is 0 Å². The molecule has 21 heavy (non-hydrogen) atoms. The fourth-order valence-electron chi connectivity index (χ4n) is 2.87. The largest absolute Gasteiger partial charge is 0.314 e. The summed E-state index contributed by atoms with van der Waals surface area (Å²) in [6, 6.07) is 10.5. The van der Waals surface area contributed by atoms with E-state index < -0.39 is 0 Å². The highest BCUT2D eigenvalue weighted by atomic mass is 35.5. The Morgan fingerprint density at radius 1 is 1.33 bits per heavy atom. The topological polar surface area (TPSA) is 28.2 Å². The van der Waals surface area contributed by atoms with E-state index in [4.69, 9.17) is 11.6 Å². The van der Waals surface area contributed by atoms with Gasteiger partial charge in [-0.15, -0.1) is 0 Å². The van der Waals surface area contributed by atoms with Crippen LogP contribution in [0.1, 0.15) is 22.7 Å². The van der Waals surface area contributed by atoms with Gasteiger partial charge in [0.1, 0.15) is 0 Å². The fraction of sp³-hybridized carbons (Fsp3) is 0.353. The average molecular weight is 302 g/mol. The van der Waals surface area contributed by atoms with Gasteiger partial charge >= 0.3 is 0 Å². The molecule has 4 heteroatoms. The summed E-state index contributed by atoms with van der Waals surface area (Å²) >= 11 is 6.39. The quantitative estimate of drug-likeness (QED) is 0.944. The first-order valence-electron chi connectivity index (χ1n) is 7.34. The van der Waals surface area contributed by atoms with Crippen molar-refractivity contribution in [2.75, 3.05) is 19.6 Å². The van der Waals surface area contributed by atoms with Crippen molar-refractivity contribution in [1.82, 2.24) is 15.2 Å². The number of aromatic nitrogens is 1. The molecule has 2 aromatic rings. The highest BCUT2D eigenvalue weighted by molar-refractivity contribution is 6.31. The number of nitrogens with one attached hydrogen (secondary N) is 1. The number of piperazine rings is 1. The number of hydrogen-bond acceptors (Lipinski definition) is 3. The van der Waals surface area contributed by atoms with Gasteiger partial charge in [-0.3, -0.25) is 9.88 Å². The number of halogens is 1. The lowest BCUT2D eigenvalue weighted by Gasteiger charge is -2.37. The molecule has 3 nitrogen and oxygen atoms in total. The van der Waals surface area contributed by atoms with Crippen molar-refractivity contribution in [3.05, 3.63) is 64.4 Å². The predicted molar refractivity (Wildman–Crippen MR) is 86.4 cm³/mol. The lowest BCUT2D eigenvalue weighted by atomic mass is 10.0. The van der Waals surface area contributed by atoms with Crippen molar-refractivity contribution in [3.63, 3.8) is 0 Å². The Morgan fingerprint density at radius 2 is 2.19 bits per heavy atom. The fourth-order valence-corrected chi connectivity index (χ4v) is 3.13. The zero-order valence-corrected chi connectivity index (χ0v) is 13.0. The smallest absolute Gasteiger partial charge is 0.0491 e. The Bertz CT molecular complexity index is 614. The normalized spacial score (nSPS) is 19.6. The molecule has 2 heterocycles. The third kappa shape index (κ3) is 3.26. The third-order valence-electron chi connectivity index (χ3n) is 4.14. The van der Waals surface area contributed by atoms with E-state index in [1.54, 1.807) is 0 Å². The second-order valence-corrected chi connectivity index (χ2v) is 5.92. The van der Waals surface area contributed by atoms with E-state index >= 15 is 0 Å². The highest BCUT2D eigenvalue weighted by Gasteiger charge is 2.25. The lowest BCUT2D eigenvalue weighted by Crippen LogP contribution is -2.45. The van der Waals surface area contributed by atoms with Gasteiger partial charge in [0.2, 0.25) is 0 Å². The average Bonchev–Trinajstić information content (AvgIpc) is 2.51. The molecule has 0 amide bonds. The van der Waals surface area contributed by atoms with Crippen LogP contribution < -0.4 is 5.32 Å². The van der Waals surface area contributed by atoms with E-state index in [1.165, 1.54) is 16.7 Å². The molecule has 1 aliphatic rings.